The van der Waals surface area contributed by atoms with E-state index in [9.17, 15) is 10.1 Å². The number of rotatable bonds is 8. The van der Waals surface area contributed by atoms with Crippen molar-refractivity contribution in [3.8, 4) is 11.4 Å². The molecule has 0 spiro atoms. The van der Waals surface area contributed by atoms with Gasteiger partial charge in [0.2, 0.25) is 11.6 Å². The van der Waals surface area contributed by atoms with Crippen LogP contribution in [0, 0.1) is 10.1 Å². The first-order valence-corrected chi connectivity index (χ1v) is 13.9. The van der Waals surface area contributed by atoms with Crippen LogP contribution in [0.2, 0.25) is 0 Å². The Morgan fingerprint density at radius 1 is 0.872 bits per heavy atom. The van der Waals surface area contributed by atoms with Gasteiger partial charge in [0.1, 0.15) is 5.82 Å². The zero-order chi connectivity index (χ0) is 26.8. The Balaban J connectivity index is 1.13. The fraction of sp³-hybridized carbons (Fsp3) is 0.414. The summed E-state index contributed by atoms with van der Waals surface area (Å²) >= 11 is 0. The quantitative estimate of drug-likeness (QED) is 0.249. The monoisotopic (exact) mass is 526 g/mol. The van der Waals surface area contributed by atoms with Gasteiger partial charge in [-0.2, -0.15) is 5.10 Å². The van der Waals surface area contributed by atoms with Crippen molar-refractivity contribution in [3.05, 3.63) is 87.5 Å². The predicted octanol–water partition coefficient (Wildman–Crippen LogP) is 4.32. The Morgan fingerprint density at radius 3 is 2.31 bits per heavy atom. The highest BCUT2D eigenvalue weighted by molar-refractivity contribution is 5.57. The second kappa shape index (κ2) is 11.0. The molecule has 6 rings (SSSR count). The van der Waals surface area contributed by atoms with E-state index in [2.05, 4.69) is 51.2 Å². The lowest BCUT2D eigenvalue weighted by atomic mass is 10.1. The molecule has 1 fully saturated rings. The molecule has 0 amide bonds. The lowest BCUT2D eigenvalue weighted by Crippen LogP contribution is -2.46. The molecule has 0 atom stereocenters. The van der Waals surface area contributed by atoms with Crippen molar-refractivity contribution in [2.75, 3.05) is 31.1 Å². The molecule has 202 valence electrons. The molecule has 2 aliphatic heterocycles. The van der Waals surface area contributed by atoms with Crippen LogP contribution in [0.5, 0.6) is 0 Å². The molecule has 0 N–H and O–H groups in total. The molecule has 0 bridgehead atoms. The van der Waals surface area contributed by atoms with Gasteiger partial charge in [-0.3, -0.25) is 9.47 Å². The largest absolute Gasteiger partial charge is 0.406 e. The van der Waals surface area contributed by atoms with Gasteiger partial charge >= 0.3 is 5.82 Å². The molecule has 1 saturated heterocycles. The number of nitrogens with zero attached hydrogens (tertiary/aromatic N) is 8. The Kier molecular flexibility index (Phi) is 7.10. The number of piperazine rings is 1. The van der Waals surface area contributed by atoms with Gasteiger partial charge in [0, 0.05) is 57.7 Å². The summed E-state index contributed by atoms with van der Waals surface area (Å²) in [4.78, 5) is 25.4. The molecular formula is C29H34N8O2. The summed E-state index contributed by atoms with van der Waals surface area (Å²) in [7, 11) is 0. The van der Waals surface area contributed by atoms with E-state index in [1.165, 1.54) is 18.4 Å². The number of benzene rings is 2. The Labute approximate surface area is 228 Å². The molecule has 4 aromatic rings. The first-order chi connectivity index (χ1) is 19.1. The molecule has 2 aliphatic rings. The molecule has 10 heteroatoms. The van der Waals surface area contributed by atoms with Crippen molar-refractivity contribution in [2.45, 2.75) is 52.2 Å². The summed E-state index contributed by atoms with van der Waals surface area (Å²) in [5, 5.41) is 16.7. The van der Waals surface area contributed by atoms with Gasteiger partial charge in [0.15, 0.2) is 5.82 Å². The van der Waals surface area contributed by atoms with Gasteiger partial charge in [-0.05, 0) is 33.9 Å². The van der Waals surface area contributed by atoms with Crippen LogP contribution in [0.15, 0.2) is 54.6 Å². The normalized spacial score (nSPS) is 15.9. The molecule has 0 radical (unpaired) electrons. The number of imidazole rings is 1. The number of anilines is 1. The summed E-state index contributed by atoms with van der Waals surface area (Å²) in [5.74, 6) is 3.24. The van der Waals surface area contributed by atoms with Gasteiger partial charge in [-0.25, -0.2) is 9.67 Å². The third-order valence-electron chi connectivity index (χ3n) is 7.73. The zero-order valence-electron chi connectivity index (χ0n) is 22.4. The first kappa shape index (κ1) is 25.2. The minimum Gasteiger partial charge on any atom is -0.358 e. The van der Waals surface area contributed by atoms with Gasteiger partial charge in [-0.1, -0.05) is 61.5 Å². The second-order valence-corrected chi connectivity index (χ2v) is 10.3. The highest BCUT2D eigenvalue weighted by Crippen LogP contribution is 2.31. The molecule has 2 aromatic carbocycles. The van der Waals surface area contributed by atoms with E-state index in [1.807, 2.05) is 34.4 Å². The highest BCUT2D eigenvalue weighted by Gasteiger charge is 2.32. The Hall–Kier alpha value is -4.05. The lowest BCUT2D eigenvalue weighted by molar-refractivity contribution is -0.388. The zero-order valence-corrected chi connectivity index (χ0v) is 22.4. The first-order valence-electron chi connectivity index (χ1n) is 13.9. The van der Waals surface area contributed by atoms with E-state index in [0.29, 0.717) is 31.9 Å². The van der Waals surface area contributed by atoms with Crippen molar-refractivity contribution in [2.24, 2.45) is 0 Å². The van der Waals surface area contributed by atoms with Crippen LogP contribution in [0.4, 0.5) is 11.6 Å². The number of nitro groups is 1. The summed E-state index contributed by atoms with van der Waals surface area (Å²) in [6.07, 6.45) is 4.00. The van der Waals surface area contributed by atoms with Crippen molar-refractivity contribution < 1.29 is 4.92 Å². The fourth-order valence-corrected chi connectivity index (χ4v) is 5.65. The van der Waals surface area contributed by atoms with Crippen molar-refractivity contribution >= 4 is 11.6 Å². The maximum Gasteiger partial charge on any atom is 0.406 e. The summed E-state index contributed by atoms with van der Waals surface area (Å²) in [6, 6.07) is 18.6. The molecule has 4 heterocycles. The predicted molar refractivity (Wildman–Crippen MR) is 150 cm³/mol. The third-order valence-corrected chi connectivity index (χ3v) is 7.73. The number of hydrogen-bond donors (Lipinski definition) is 0. The fourth-order valence-electron chi connectivity index (χ4n) is 5.65. The molecule has 2 aromatic heterocycles. The minimum atomic E-state index is -0.338. The number of hydrogen-bond acceptors (Lipinski definition) is 7. The van der Waals surface area contributed by atoms with Gasteiger partial charge in [-0.15, -0.1) is 0 Å². The van der Waals surface area contributed by atoms with Crippen LogP contribution in [0.1, 0.15) is 42.5 Å². The summed E-state index contributed by atoms with van der Waals surface area (Å²) in [5.41, 5.74) is 3.40. The van der Waals surface area contributed by atoms with Crippen LogP contribution in [-0.4, -0.2) is 60.3 Å². The second-order valence-electron chi connectivity index (χ2n) is 10.3. The van der Waals surface area contributed by atoms with Gasteiger partial charge < -0.3 is 15.0 Å². The van der Waals surface area contributed by atoms with Crippen LogP contribution in [-0.2, 0) is 32.5 Å². The van der Waals surface area contributed by atoms with Crippen LogP contribution in [0.3, 0.4) is 0 Å². The number of fused-ring (bicyclic) bond motifs is 1. The molecule has 10 nitrogen and oxygen atoms in total. The van der Waals surface area contributed by atoms with Crippen LogP contribution >= 0.6 is 0 Å². The van der Waals surface area contributed by atoms with Crippen molar-refractivity contribution in [3.63, 3.8) is 0 Å². The number of aryl methyl sites for hydroxylation is 3. The topological polar surface area (TPSA) is 98.2 Å². The average molecular weight is 527 g/mol. The van der Waals surface area contributed by atoms with Crippen LogP contribution < -0.4 is 4.90 Å². The van der Waals surface area contributed by atoms with E-state index in [1.54, 1.807) is 0 Å². The SMILES string of the molecule is CCc1nc([N+](=O)[O-])c(N2CCN(Cc3ccc(-c4nc5n(n4)CCCC5)cc3)CC2)n1Cc1ccccc1. The molecular weight excluding hydrogens is 492 g/mol. The van der Waals surface area contributed by atoms with E-state index in [-0.39, 0.29) is 10.7 Å². The van der Waals surface area contributed by atoms with E-state index in [0.717, 1.165) is 61.2 Å². The molecule has 39 heavy (non-hydrogen) atoms. The third kappa shape index (κ3) is 5.29. The lowest BCUT2D eigenvalue weighted by Gasteiger charge is -2.35. The van der Waals surface area contributed by atoms with Crippen molar-refractivity contribution in [1.82, 2.24) is 29.2 Å². The minimum absolute atomic E-state index is 0.0404. The standard InChI is InChI=1S/C29H34N8O2/c1-2-25-31-28(37(38)39)29(35(25)21-22-8-4-3-5-9-22)34-18-16-33(17-19-34)20-23-11-13-24(14-12-23)27-30-26-10-6-7-15-36(26)32-27/h3-5,8-9,11-14H,2,6-7,10,15-21H2,1H3. The Morgan fingerprint density at radius 2 is 1.62 bits per heavy atom. The highest BCUT2D eigenvalue weighted by atomic mass is 16.6. The van der Waals surface area contributed by atoms with E-state index >= 15 is 0 Å². The number of aromatic nitrogens is 5. The van der Waals surface area contributed by atoms with Crippen LogP contribution in [0.25, 0.3) is 11.4 Å². The summed E-state index contributed by atoms with van der Waals surface area (Å²) < 4.78 is 4.08. The maximum atomic E-state index is 12.0. The average Bonchev–Trinajstić information content (AvgIpc) is 3.56. The van der Waals surface area contributed by atoms with Gasteiger partial charge in [0.05, 0.1) is 6.54 Å². The van der Waals surface area contributed by atoms with Crippen molar-refractivity contribution in [1.29, 1.82) is 0 Å². The maximum absolute atomic E-state index is 12.0. The Bertz CT molecular complexity index is 1410. The van der Waals surface area contributed by atoms with Gasteiger partial charge in [0.25, 0.3) is 0 Å². The molecule has 0 unspecified atom stereocenters. The molecule has 0 saturated carbocycles. The summed E-state index contributed by atoms with van der Waals surface area (Å²) in [6.45, 7) is 7.45. The van der Waals surface area contributed by atoms with E-state index in [4.69, 9.17) is 10.1 Å². The smallest absolute Gasteiger partial charge is 0.358 e. The molecule has 0 aliphatic carbocycles. The van der Waals surface area contributed by atoms with E-state index < -0.39 is 0 Å².